The van der Waals surface area contributed by atoms with Crippen molar-refractivity contribution in [3.8, 4) is 0 Å². The van der Waals surface area contributed by atoms with Crippen LogP contribution in [0.1, 0.15) is 63.2 Å². The molecule has 2 heterocycles. The molecule has 0 aromatic carbocycles. The van der Waals surface area contributed by atoms with Gasteiger partial charge in [-0.1, -0.05) is 25.7 Å². The molecular weight excluding hydrogens is 493 g/mol. The number of furan rings is 1. The first-order valence-electron chi connectivity index (χ1n) is 11.3. The summed E-state index contributed by atoms with van der Waals surface area (Å²) >= 11 is 0. The van der Waals surface area contributed by atoms with E-state index < -0.39 is 0 Å². The van der Waals surface area contributed by atoms with Crippen molar-refractivity contribution >= 4 is 35.8 Å². The lowest BCUT2D eigenvalue weighted by Gasteiger charge is -2.33. The predicted molar refractivity (Wildman–Crippen MR) is 131 cm³/mol. The van der Waals surface area contributed by atoms with Crippen LogP contribution in [0.3, 0.4) is 0 Å². The van der Waals surface area contributed by atoms with Crippen LogP contribution in [0.4, 0.5) is 0 Å². The van der Waals surface area contributed by atoms with Gasteiger partial charge in [-0.3, -0.25) is 14.7 Å². The highest BCUT2D eigenvalue weighted by molar-refractivity contribution is 14.0. The largest absolute Gasteiger partial charge is 0.468 e. The van der Waals surface area contributed by atoms with Crippen molar-refractivity contribution in [2.45, 2.75) is 57.4 Å². The molecule has 7 nitrogen and oxygen atoms in total. The molecule has 1 saturated heterocycles. The first kappa shape index (κ1) is 25.0. The fraction of sp³-hybridized carbons (Fsp3) is 0.727. The molecule has 0 bridgehead atoms. The molecule has 0 spiro atoms. The van der Waals surface area contributed by atoms with Crippen molar-refractivity contribution in [3.05, 3.63) is 24.2 Å². The highest BCUT2D eigenvalue weighted by atomic mass is 127. The maximum absolute atomic E-state index is 12.2. The topological polar surface area (TPSA) is 81.9 Å². The zero-order valence-electron chi connectivity index (χ0n) is 18.2. The van der Waals surface area contributed by atoms with Gasteiger partial charge in [-0.2, -0.15) is 0 Å². The smallest absolute Gasteiger partial charge is 0.223 e. The van der Waals surface area contributed by atoms with Crippen LogP contribution < -0.4 is 16.0 Å². The molecule has 3 rings (SSSR count). The van der Waals surface area contributed by atoms with E-state index in [4.69, 9.17) is 4.42 Å². The third kappa shape index (κ3) is 7.76. The van der Waals surface area contributed by atoms with Crippen molar-refractivity contribution in [1.29, 1.82) is 0 Å². The van der Waals surface area contributed by atoms with Crippen LogP contribution >= 0.6 is 24.0 Å². The summed E-state index contributed by atoms with van der Waals surface area (Å²) in [5.74, 6) is 2.16. The number of hydrogen-bond acceptors (Lipinski definition) is 4. The van der Waals surface area contributed by atoms with E-state index in [1.807, 2.05) is 6.07 Å². The molecule has 0 radical (unpaired) electrons. The standard InChI is InChI=1S/C22H37N5O2.HI/c1-23-22(25-13-12-24-21(28)18-9-4-2-5-10-18)26-17-19(20-11-8-16-29-20)27-14-6-3-7-15-27;/h8,11,16,18-19H,2-7,9-10,12-15,17H2,1H3,(H,24,28)(H2,23,25,26);1H. The van der Waals surface area contributed by atoms with Gasteiger partial charge in [-0.25, -0.2) is 0 Å². The zero-order chi connectivity index (χ0) is 20.3. The Labute approximate surface area is 197 Å². The number of halogens is 1. The van der Waals surface area contributed by atoms with E-state index in [0.717, 1.165) is 44.2 Å². The molecule has 1 aliphatic heterocycles. The number of carbonyl (C=O) groups is 1. The first-order chi connectivity index (χ1) is 14.3. The molecule has 1 atom stereocenters. The Morgan fingerprint density at radius 3 is 2.47 bits per heavy atom. The predicted octanol–water partition coefficient (Wildman–Crippen LogP) is 3.29. The Balaban J connectivity index is 0.00000320. The summed E-state index contributed by atoms with van der Waals surface area (Å²) in [5.41, 5.74) is 0. The molecule has 2 fully saturated rings. The van der Waals surface area contributed by atoms with Gasteiger partial charge in [-0.05, 0) is 50.9 Å². The number of guanidine groups is 1. The second-order valence-electron chi connectivity index (χ2n) is 8.13. The lowest BCUT2D eigenvalue weighted by molar-refractivity contribution is -0.125. The van der Waals surface area contributed by atoms with Crippen LogP contribution in [-0.2, 0) is 4.79 Å². The summed E-state index contributed by atoms with van der Waals surface area (Å²) in [6, 6.07) is 4.21. The second-order valence-corrected chi connectivity index (χ2v) is 8.13. The summed E-state index contributed by atoms with van der Waals surface area (Å²) < 4.78 is 5.71. The maximum atomic E-state index is 12.2. The van der Waals surface area contributed by atoms with E-state index in [-0.39, 0.29) is 41.8 Å². The molecule has 8 heteroatoms. The summed E-state index contributed by atoms with van der Waals surface area (Å²) in [6.07, 6.45) is 11.2. The van der Waals surface area contributed by atoms with Crippen LogP contribution in [-0.4, -0.2) is 56.5 Å². The third-order valence-corrected chi connectivity index (χ3v) is 6.08. The highest BCUT2D eigenvalue weighted by Crippen LogP contribution is 2.25. The minimum atomic E-state index is 0. The van der Waals surface area contributed by atoms with Crippen LogP contribution in [0.25, 0.3) is 0 Å². The Morgan fingerprint density at radius 1 is 1.10 bits per heavy atom. The third-order valence-electron chi connectivity index (χ3n) is 6.08. The second kappa shape index (κ2) is 13.9. The number of aliphatic imine (C=N–C) groups is 1. The summed E-state index contributed by atoms with van der Waals surface area (Å²) in [7, 11) is 1.78. The van der Waals surface area contributed by atoms with Gasteiger partial charge in [0.1, 0.15) is 5.76 Å². The summed E-state index contributed by atoms with van der Waals surface area (Å²) in [5, 5.41) is 9.80. The van der Waals surface area contributed by atoms with Crippen molar-refractivity contribution in [1.82, 2.24) is 20.9 Å². The summed E-state index contributed by atoms with van der Waals surface area (Å²) in [4.78, 5) is 19.1. The van der Waals surface area contributed by atoms with Gasteiger partial charge in [0.05, 0.1) is 12.3 Å². The highest BCUT2D eigenvalue weighted by Gasteiger charge is 2.24. The normalized spacial score (nSPS) is 19.6. The lowest BCUT2D eigenvalue weighted by atomic mass is 9.89. The Hall–Kier alpha value is -1.29. The number of amides is 1. The van der Waals surface area contributed by atoms with Crippen LogP contribution in [0, 0.1) is 5.92 Å². The van der Waals surface area contributed by atoms with E-state index >= 15 is 0 Å². The molecule has 1 aromatic heterocycles. The first-order valence-corrected chi connectivity index (χ1v) is 11.3. The number of carbonyl (C=O) groups excluding carboxylic acids is 1. The Bertz CT molecular complexity index is 625. The van der Waals surface area contributed by atoms with Gasteiger partial charge in [0.25, 0.3) is 0 Å². The Morgan fingerprint density at radius 2 is 1.80 bits per heavy atom. The number of rotatable bonds is 8. The van der Waals surface area contributed by atoms with Gasteiger partial charge in [0, 0.05) is 32.6 Å². The number of likely N-dealkylation sites (tertiary alicyclic amines) is 1. The van der Waals surface area contributed by atoms with E-state index in [9.17, 15) is 4.79 Å². The molecule has 1 amide bonds. The van der Waals surface area contributed by atoms with Gasteiger partial charge >= 0.3 is 0 Å². The average molecular weight is 531 g/mol. The fourth-order valence-corrected chi connectivity index (χ4v) is 4.41. The lowest BCUT2D eigenvalue weighted by Crippen LogP contribution is -2.46. The average Bonchev–Trinajstić information content (AvgIpc) is 3.31. The molecular formula is C22H38IN5O2. The van der Waals surface area contributed by atoms with Crippen molar-refractivity contribution in [3.63, 3.8) is 0 Å². The molecule has 2 aliphatic rings. The van der Waals surface area contributed by atoms with Crippen LogP contribution in [0.15, 0.2) is 27.8 Å². The monoisotopic (exact) mass is 531 g/mol. The van der Waals surface area contributed by atoms with Crippen LogP contribution in [0.2, 0.25) is 0 Å². The van der Waals surface area contributed by atoms with Crippen LogP contribution in [0.5, 0.6) is 0 Å². The van der Waals surface area contributed by atoms with Gasteiger partial charge in [0.15, 0.2) is 5.96 Å². The molecule has 1 aromatic rings. The van der Waals surface area contributed by atoms with Crippen molar-refractivity contribution in [2.24, 2.45) is 10.9 Å². The molecule has 1 saturated carbocycles. The molecule has 30 heavy (non-hydrogen) atoms. The van der Waals surface area contributed by atoms with E-state index in [0.29, 0.717) is 13.1 Å². The molecule has 1 unspecified atom stereocenters. The number of piperidine rings is 1. The van der Waals surface area contributed by atoms with Gasteiger partial charge in [0.2, 0.25) is 5.91 Å². The fourth-order valence-electron chi connectivity index (χ4n) is 4.41. The zero-order valence-corrected chi connectivity index (χ0v) is 20.5. The minimum Gasteiger partial charge on any atom is -0.468 e. The van der Waals surface area contributed by atoms with Gasteiger partial charge in [-0.15, -0.1) is 24.0 Å². The summed E-state index contributed by atoms with van der Waals surface area (Å²) in [6.45, 7) is 4.22. The van der Waals surface area contributed by atoms with Crippen molar-refractivity contribution < 1.29 is 9.21 Å². The SMILES string of the molecule is CN=C(NCCNC(=O)C1CCCCC1)NCC(c1ccco1)N1CCCCC1.I. The quantitative estimate of drug-likeness (QED) is 0.208. The molecule has 170 valence electrons. The molecule has 1 aliphatic carbocycles. The van der Waals surface area contributed by atoms with Crippen molar-refractivity contribution in [2.75, 3.05) is 39.8 Å². The van der Waals surface area contributed by atoms with E-state index in [1.165, 1.54) is 38.5 Å². The van der Waals surface area contributed by atoms with E-state index in [1.54, 1.807) is 13.3 Å². The number of hydrogen-bond donors (Lipinski definition) is 3. The maximum Gasteiger partial charge on any atom is 0.223 e. The Kier molecular flexibility index (Phi) is 11.6. The number of nitrogens with one attached hydrogen (secondary N) is 3. The molecule has 3 N–H and O–H groups in total. The minimum absolute atomic E-state index is 0. The van der Waals surface area contributed by atoms with Gasteiger partial charge < -0.3 is 20.4 Å². The number of nitrogens with zero attached hydrogens (tertiary/aromatic N) is 2. The van der Waals surface area contributed by atoms with E-state index in [2.05, 4.69) is 31.9 Å².